The third-order valence-electron chi connectivity index (χ3n) is 3.67. The second kappa shape index (κ2) is 8.56. The fraction of sp³-hybridized carbons (Fsp3) is 0.556. The van der Waals surface area contributed by atoms with Crippen molar-refractivity contribution >= 4 is 11.9 Å². The Morgan fingerprint density at radius 3 is 2.30 bits per heavy atom. The summed E-state index contributed by atoms with van der Waals surface area (Å²) in [5.41, 5.74) is 2.39. The average molecular weight is 321 g/mol. The summed E-state index contributed by atoms with van der Waals surface area (Å²) in [5.74, 6) is 0.226. The van der Waals surface area contributed by atoms with Crippen LogP contribution in [0.4, 0.5) is 0 Å². The quantitative estimate of drug-likeness (QED) is 0.784. The van der Waals surface area contributed by atoms with Crippen LogP contribution in [-0.4, -0.2) is 31.6 Å². The highest BCUT2D eigenvalue weighted by atomic mass is 16.5. The summed E-state index contributed by atoms with van der Waals surface area (Å²) in [4.78, 5) is 23.6. The van der Waals surface area contributed by atoms with Gasteiger partial charge in [0, 0.05) is 0 Å². The predicted octanol–water partition coefficient (Wildman–Crippen LogP) is 2.81. The van der Waals surface area contributed by atoms with Crippen molar-refractivity contribution < 1.29 is 19.1 Å². The van der Waals surface area contributed by atoms with Crippen LogP contribution in [0, 0.1) is 12.8 Å². The van der Waals surface area contributed by atoms with E-state index in [0.29, 0.717) is 11.7 Å². The van der Waals surface area contributed by atoms with Gasteiger partial charge in [-0.15, -0.1) is 0 Å². The number of nitrogens with one attached hydrogen (secondary N) is 1. The number of rotatable bonds is 7. The number of esters is 1. The minimum absolute atomic E-state index is 0.0565. The van der Waals surface area contributed by atoms with E-state index >= 15 is 0 Å². The number of hydrogen-bond donors (Lipinski definition) is 1. The summed E-state index contributed by atoms with van der Waals surface area (Å²) in [7, 11) is 1.30. The van der Waals surface area contributed by atoms with Crippen molar-refractivity contribution in [1.82, 2.24) is 5.32 Å². The van der Waals surface area contributed by atoms with E-state index in [-0.39, 0.29) is 18.4 Å². The van der Waals surface area contributed by atoms with Gasteiger partial charge in [0.05, 0.1) is 7.11 Å². The Morgan fingerprint density at radius 1 is 1.17 bits per heavy atom. The maximum atomic E-state index is 12.0. The molecule has 0 fully saturated rings. The standard InChI is InChI=1S/C18H27NO4/c1-11(2)15-8-7-14(9-13(15)5)23-10-16(20)19-17(12(3)4)18(21)22-6/h7-9,11-12,17H,10H2,1-6H3,(H,19,20). The third-order valence-corrected chi connectivity index (χ3v) is 3.67. The Balaban J connectivity index is 2.62. The molecule has 0 saturated heterocycles. The van der Waals surface area contributed by atoms with Crippen LogP contribution in [0.3, 0.4) is 0 Å². The Kier molecular flexibility index (Phi) is 7.07. The molecule has 1 unspecified atom stereocenters. The Labute approximate surface area is 138 Å². The first kappa shape index (κ1) is 19.0. The number of carbonyl (C=O) groups is 2. The van der Waals surface area contributed by atoms with E-state index in [2.05, 4.69) is 19.2 Å². The monoisotopic (exact) mass is 321 g/mol. The number of carbonyl (C=O) groups excluding carboxylic acids is 2. The minimum atomic E-state index is -0.666. The Morgan fingerprint density at radius 2 is 1.83 bits per heavy atom. The fourth-order valence-corrected chi connectivity index (χ4v) is 2.37. The first-order valence-corrected chi connectivity index (χ1v) is 7.86. The molecule has 1 atom stereocenters. The van der Waals surface area contributed by atoms with E-state index in [1.807, 2.05) is 39.0 Å². The number of ether oxygens (including phenoxy) is 2. The molecule has 0 aromatic heterocycles. The molecule has 0 saturated carbocycles. The van der Waals surface area contributed by atoms with Crippen LogP contribution in [0.25, 0.3) is 0 Å². The molecule has 1 rings (SSSR count). The van der Waals surface area contributed by atoms with Crippen molar-refractivity contribution in [3.8, 4) is 5.75 Å². The van der Waals surface area contributed by atoms with Gasteiger partial charge in [-0.25, -0.2) is 4.79 Å². The highest BCUT2D eigenvalue weighted by Gasteiger charge is 2.24. The SMILES string of the molecule is COC(=O)C(NC(=O)COc1ccc(C(C)C)c(C)c1)C(C)C. The van der Waals surface area contributed by atoms with E-state index in [4.69, 9.17) is 9.47 Å². The molecule has 1 aromatic rings. The topological polar surface area (TPSA) is 64.6 Å². The normalized spacial score (nSPS) is 12.2. The van der Waals surface area contributed by atoms with Crippen LogP contribution in [0.15, 0.2) is 18.2 Å². The lowest BCUT2D eigenvalue weighted by atomic mass is 9.98. The van der Waals surface area contributed by atoms with Crippen LogP contribution in [0.1, 0.15) is 44.7 Å². The molecule has 5 heteroatoms. The van der Waals surface area contributed by atoms with Crippen LogP contribution >= 0.6 is 0 Å². The molecule has 5 nitrogen and oxygen atoms in total. The third kappa shape index (κ3) is 5.58. The molecule has 1 N–H and O–H groups in total. The van der Waals surface area contributed by atoms with Crippen LogP contribution < -0.4 is 10.1 Å². The molecule has 0 aliphatic carbocycles. The number of hydrogen-bond acceptors (Lipinski definition) is 4. The largest absolute Gasteiger partial charge is 0.484 e. The van der Waals surface area contributed by atoms with Gasteiger partial charge < -0.3 is 14.8 Å². The average Bonchev–Trinajstić information content (AvgIpc) is 2.49. The van der Waals surface area contributed by atoms with Crippen LogP contribution in [0.2, 0.25) is 0 Å². The zero-order valence-electron chi connectivity index (χ0n) is 14.8. The molecule has 0 aliphatic rings. The lowest BCUT2D eigenvalue weighted by Gasteiger charge is -2.20. The van der Waals surface area contributed by atoms with Crippen molar-refractivity contribution in [2.75, 3.05) is 13.7 Å². The molecule has 0 heterocycles. The summed E-state index contributed by atoms with van der Waals surface area (Å²) in [6, 6.07) is 5.12. The summed E-state index contributed by atoms with van der Waals surface area (Å²) in [6.07, 6.45) is 0. The molecular formula is C18H27NO4. The molecule has 0 radical (unpaired) electrons. The molecule has 0 bridgehead atoms. The summed E-state index contributed by atoms with van der Waals surface area (Å²) >= 11 is 0. The number of methoxy groups -OCH3 is 1. The Bertz CT molecular complexity index is 552. The first-order valence-electron chi connectivity index (χ1n) is 7.86. The van der Waals surface area contributed by atoms with Gasteiger partial charge >= 0.3 is 5.97 Å². The highest BCUT2D eigenvalue weighted by molar-refractivity contribution is 5.85. The van der Waals surface area contributed by atoms with Gasteiger partial charge in [0.2, 0.25) is 0 Å². The second-order valence-corrected chi connectivity index (χ2v) is 6.27. The van der Waals surface area contributed by atoms with E-state index in [1.165, 1.54) is 12.7 Å². The maximum Gasteiger partial charge on any atom is 0.328 e. The predicted molar refractivity (Wildman–Crippen MR) is 89.5 cm³/mol. The molecule has 0 aliphatic heterocycles. The number of aryl methyl sites for hydroxylation is 1. The summed E-state index contributed by atoms with van der Waals surface area (Å²) < 4.78 is 10.2. The summed E-state index contributed by atoms with van der Waals surface area (Å²) in [5, 5.41) is 2.64. The van der Waals surface area contributed by atoms with E-state index in [0.717, 1.165) is 5.56 Å². The van der Waals surface area contributed by atoms with Crippen molar-refractivity contribution in [1.29, 1.82) is 0 Å². The van der Waals surface area contributed by atoms with Gasteiger partial charge in [0.1, 0.15) is 11.8 Å². The van der Waals surface area contributed by atoms with Gasteiger partial charge in [0.15, 0.2) is 6.61 Å². The molecule has 1 amide bonds. The maximum absolute atomic E-state index is 12.0. The molecule has 128 valence electrons. The van der Waals surface area contributed by atoms with Gasteiger partial charge in [-0.1, -0.05) is 33.8 Å². The van der Waals surface area contributed by atoms with Crippen molar-refractivity contribution in [2.24, 2.45) is 5.92 Å². The molecular weight excluding hydrogens is 294 g/mol. The number of benzene rings is 1. The molecule has 1 aromatic carbocycles. The van der Waals surface area contributed by atoms with Crippen molar-refractivity contribution in [2.45, 2.75) is 46.6 Å². The van der Waals surface area contributed by atoms with Crippen LogP contribution in [0.5, 0.6) is 5.75 Å². The Hall–Kier alpha value is -2.04. The van der Waals surface area contributed by atoms with E-state index < -0.39 is 12.0 Å². The van der Waals surface area contributed by atoms with Crippen molar-refractivity contribution in [3.05, 3.63) is 29.3 Å². The summed E-state index contributed by atoms with van der Waals surface area (Å²) in [6.45, 7) is 9.84. The minimum Gasteiger partial charge on any atom is -0.484 e. The fourth-order valence-electron chi connectivity index (χ4n) is 2.37. The van der Waals surface area contributed by atoms with E-state index in [1.54, 1.807) is 0 Å². The lowest BCUT2D eigenvalue weighted by molar-refractivity contribution is -0.146. The first-order chi connectivity index (χ1) is 10.8. The zero-order valence-corrected chi connectivity index (χ0v) is 14.8. The zero-order chi connectivity index (χ0) is 17.6. The van der Waals surface area contributed by atoms with Gasteiger partial charge in [-0.2, -0.15) is 0 Å². The van der Waals surface area contributed by atoms with Crippen molar-refractivity contribution in [3.63, 3.8) is 0 Å². The molecule has 0 spiro atoms. The van der Waals surface area contributed by atoms with Gasteiger partial charge in [-0.3, -0.25) is 4.79 Å². The van der Waals surface area contributed by atoms with Gasteiger partial charge in [-0.05, 0) is 42.0 Å². The molecule has 23 heavy (non-hydrogen) atoms. The number of amides is 1. The lowest BCUT2D eigenvalue weighted by Crippen LogP contribution is -2.46. The van der Waals surface area contributed by atoms with Gasteiger partial charge in [0.25, 0.3) is 5.91 Å². The smallest absolute Gasteiger partial charge is 0.328 e. The van der Waals surface area contributed by atoms with Crippen LogP contribution in [-0.2, 0) is 14.3 Å². The second-order valence-electron chi connectivity index (χ2n) is 6.27. The van der Waals surface area contributed by atoms with E-state index in [9.17, 15) is 9.59 Å². The highest BCUT2D eigenvalue weighted by Crippen LogP contribution is 2.23.